The third-order valence-electron chi connectivity index (χ3n) is 3.79. The van der Waals surface area contributed by atoms with E-state index in [2.05, 4.69) is 48.3 Å². The van der Waals surface area contributed by atoms with Crippen molar-refractivity contribution in [1.29, 1.82) is 0 Å². The van der Waals surface area contributed by atoms with Crippen LogP contribution in [0.15, 0.2) is 24.3 Å². The van der Waals surface area contributed by atoms with Gasteiger partial charge < -0.3 is 15.0 Å². The first-order valence-corrected chi connectivity index (χ1v) is 7.49. The van der Waals surface area contributed by atoms with Gasteiger partial charge in [0.05, 0.1) is 6.10 Å². The minimum atomic E-state index is 0.426. The molecule has 1 fully saturated rings. The Morgan fingerprint density at radius 3 is 2.53 bits per heavy atom. The van der Waals surface area contributed by atoms with E-state index >= 15 is 0 Å². The molecular formula is C16H26N2O. The first kappa shape index (κ1) is 14.4. The lowest BCUT2D eigenvalue weighted by Crippen LogP contribution is -2.26. The van der Waals surface area contributed by atoms with Crippen LogP contribution in [-0.2, 0) is 11.3 Å². The predicted molar refractivity (Wildman–Crippen MR) is 80.7 cm³/mol. The van der Waals surface area contributed by atoms with Crippen molar-refractivity contribution in [3.05, 3.63) is 29.8 Å². The van der Waals surface area contributed by atoms with E-state index in [0.29, 0.717) is 6.10 Å². The molecule has 1 unspecified atom stereocenters. The Labute approximate surface area is 116 Å². The number of benzene rings is 1. The topological polar surface area (TPSA) is 24.5 Å². The normalized spacial score (nSPS) is 18.7. The fourth-order valence-electron chi connectivity index (χ4n) is 2.60. The van der Waals surface area contributed by atoms with Crippen molar-refractivity contribution in [3.8, 4) is 0 Å². The van der Waals surface area contributed by atoms with Gasteiger partial charge in [0, 0.05) is 38.5 Å². The molecule has 1 N–H and O–H groups in total. The van der Waals surface area contributed by atoms with Gasteiger partial charge in [0.1, 0.15) is 0 Å². The zero-order valence-electron chi connectivity index (χ0n) is 12.2. The van der Waals surface area contributed by atoms with E-state index in [0.717, 1.165) is 32.8 Å². The Morgan fingerprint density at radius 1 is 1.21 bits per heavy atom. The summed E-state index contributed by atoms with van der Waals surface area (Å²) in [6.07, 6.45) is 2.84. The lowest BCUT2D eigenvalue weighted by Gasteiger charge is -2.21. The molecule has 1 aromatic carbocycles. The number of anilines is 1. The molecule has 1 heterocycles. The second-order valence-corrected chi connectivity index (χ2v) is 5.10. The summed E-state index contributed by atoms with van der Waals surface area (Å²) in [5.74, 6) is 0. The highest BCUT2D eigenvalue weighted by Gasteiger charge is 2.14. The summed E-state index contributed by atoms with van der Waals surface area (Å²) >= 11 is 0. The summed E-state index contributed by atoms with van der Waals surface area (Å²) in [5.41, 5.74) is 2.65. The van der Waals surface area contributed by atoms with E-state index in [1.807, 2.05) is 0 Å². The summed E-state index contributed by atoms with van der Waals surface area (Å²) in [7, 11) is 0. The van der Waals surface area contributed by atoms with Gasteiger partial charge in [-0.3, -0.25) is 0 Å². The van der Waals surface area contributed by atoms with Crippen LogP contribution in [0.25, 0.3) is 0 Å². The van der Waals surface area contributed by atoms with Crippen molar-refractivity contribution in [2.75, 3.05) is 31.1 Å². The Hall–Kier alpha value is -1.06. The van der Waals surface area contributed by atoms with Crippen LogP contribution in [0.1, 0.15) is 32.3 Å². The summed E-state index contributed by atoms with van der Waals surface area (Å²) in [4.78, 5) is 2.36. The van der Waals surface area contributed by atoms with Crippen LogP contribution in [0, 0.1) is 0 Å². The van der Waals surface area contributed by atoms with Crippen LogP contribution in [-0.4, -0.2) is 32.3 Å². The molecule has 106 valence electrons. The zero-order chi connectivity index (χ0) is 13.5. The number of hydrogen-bond acceptors (Lipinski definition) is 3. The van der Waals surface area contributed by atoms with Crippen LogP contribution in [0.3, 0.4) is 0 Å². The highest BCUT2D eigenvalue weighted by molar-refractivity contribution is 5.47. The maximum Gasteiger partial charge on any atom is 0.0700 e. The Balaban J connectivity index is 1.77. The van der Waals surface area contributed by atoms with E-state index in [-0.39, 0.29) is 0 Å². The summed E-state index contributed by atoms with van der Waals surface area (Å²) < 4.78 is 5.60. The molecule has 1 aromatic rings. The molecular weight excluding hydrogens is 236 g/mol. The van der Waals surface area contributed by atoms with E-state index in [9.17, 15) is 0 Å². The van der Waals surface area contributed by atoms with Crippen molar-refractivity contribution < 1.29 is 4.74 Å². The molecule has 0 aliphatic carbocycles. The van der Waals surface area contributed by atoms with Gasteiger partial charge in [-0.25, -0.2) is 0 Å². The number of nitrogens with zero attached hydrogens (tertiary/aromatic N) is 1. The third-order valence-corrected chi connectivity index (χ3v) is 3.79. The Kier molecular flexibility index (Phi) is 5.67. The Morgan fingerprint density at radius 2 is 1.95 bits per heavy atom. The van der Waals surface area contributed by atoms with Gasteiger partial charge in [-0.15, -0.1) is 0 Å². The molecule has 3 heteroatoms. The monoisotopic (exact) mass is 262 g/mol. The summed E-state index contributed by atoms with van der Waals surface area (Å²) in [5, 5.41) is 3.48. The first-order valence-electron chi connectivity index (χ1n) is 7.49. The maximum absolute atomic E-state index is 5.60. The van der Waals surface area contributed by atoms with Crippen molar-refractivity contribution >= 4 is 5.69 Å². The van der Waals surface area contributed by atoms with Gasteiger partial charge in [-0.1, -0.05) is 12.1 Å². The van der Waals surface area contributed by atoms with Gasteiger partial charge in [-0.2, -0.15) is 0 Å². The molecule has 0 amide bonds. The van der Waals surface area contributed by atoms with Crippen LogP contribution in [0.5, 0.6) is 0 Å². The third kappa shape index (κ3) is 4.22. The van der Waals surface area contributed by atoms with E-state index < -0.39 is 0 Å². The highest BCUT2D eigenvalue weighted by atomic mass is 16.5. The van der Waals surface area contributed by atoms with Gasteiger partial charge in [0.15, 0.2) is 0 Å². The average molecular weight is 262 g/mol. The van der Waals surface area contributed by atoms with Gasteiger partial charge in [0.2, 0.25) is 0 Å². The second kappa shape index (κ2) is 7.51. The molecule has 3 nitrogen and oxygen atoms in total. The molecule has 2 rings (SSSR count). The minimum absolute atomic E-state index is 0.426. The quantitative estimate of drug-likeness (QED) is 0.818. The maximum atomic E-state index is 5.60. The van der Waals surface area contributed by atoms with Crippen LogP contribution in [0.4, 0.5) is 5.69 Å². The fourth-order valence-corrected chi connectivity index (χ4v) is 2.60. The predicted octanol–water partition coefficient (Wildman–Crippen LogP) is 2.80. The van der Waals surface area contributed by atoms with Crippen LogP contribution < -0.4 is 10.2 Å². The smallest absolute Gasteiger partial charge is 0.0700 e. The fraction of sp³-hybridized carbons (Fsp3) is 0.625. The molecule has 1 aliphatic rings. The highest BCUT2D eigenvalue weighted by Crippen LogP contribution is 2.15. The second-order valence-electron chi connectivity index (χ2n) is 5.10. The van der Waals surface area contributed by atoms with Crippen molar-refractivity contribution in [2.24, 2.45) is 0 Å². The van der Waals surface area contributed by atoms with Crippen LogP contribution in [0.2, 0.25) is 0 Å². The SMILES string of the molecule is CCN(CC)c1ccc(CNCC2CCCO2)cc1. The molecule has 1 aliphatic heterocycles. The Bertz CT molecular complexity index is 354. The largest absolute Gasteiger partial charge is 0.377 e. The lowest BCUT2D eigenvalue weighted by molar-refractivity contribution is 0.110. The molecule has 0 saturated carbocycles. The van der Waals surface area contributed by atoms with Gasteiger partial charge >= 0.3 is 0 Å². The van der Waals surface area contributed by atoms with E-state index in [4.69, 9.17) is 4.74 Å². The molecule has 0 bridgehead atoms. The summed E-state index contributed by atoms with van der Waals surface area (Å²) in [6, 6.07) is 8.87. The number of nitrogens with one attached hydrogen (secondary N) is 1. The van der Waals surface area contributed by atoms with Crippen molar-refractivity contribution in [3.63, 3.8) is 0 Å². The standard InChI is InChI=1S/C16H26N2O/c1-3-18(4-2)15-9-7-14(8-10-15)12-17-13-16-6-5-11-19-16/h7-10,16-17H,3-6,11-13H2,1-2H3. The van der Waals surface area contributed by atoms with Crippen molar-refractivity contribution in [2.45, 2.75) is 39.3 Å². The zero-order valence-corrected chi connectivity index (χ0v) is 12.2. The number of ether oxygens (including phenoxy) is 1. The average Bonchev–Trinajstić information content (AvgIpc) is 2.95. The lowest BCUT2D eigenvalue weighted by atomic mass is 10.2. The number of hydrogen-bond donors (Lipinski definition) is 1. The van der Waals surface area contributed by atoms with Gasteiger partial charge in [-0.05, 0) is 44.4 Å². The molecule has 19 heavy (non-hydrogen) atoms. The molecule has 1 saturated heterocycles. The summed E-state index contributed by atoms with van der Waals surface area (Å²) in [6.45, 7) is 9.35. The number of rotatable bonds is 7. The van der Waals surface area contributed by atoms with Gasteiger partial charge in [0.25, 0.3) is 0 Å². The minimum Gasteiger partial charge on any atom is -0.377 e. The van der Waals surface area contributed by atoms with E-state index in [1.165, 1.54) is 24.1 Å². The molecule has 1 atom stereocenters. The molecule has 0 aromatic heterocycles. The van der Waals surface area contributed by atoms with E-state index in [1.54, 1.807) is 0 Å². The van der Waals surface area contributed by atoms with Crippen LogP contribution >= 0.6 is 0 Å². The molecule has 0 spiro atoms. The molecule has 0 radical (unpaired) electrons. The van der Waals surface area contributed by atoms with Crippen molar-refractivity contribution in [1.82, 2.24) is 5.32 Å². The first-order chi connectivity index (χ1) is 9.33.